The third-order valence-corrected chi connectivity index (χ3v) is 6.03. The van der Waals surface area contributed by atoms with Crippen molar-refractivity contribution in [3.05, 3.63) is 48.0 Å². The van der Waals surface area contributed by atoms with Gasteiger partial charge in [-0.3, -0.25) is 4.31 Å². The average Bonchev–Trinajstić information content (AvgIpc) is 2.61. The SMILES string of the molecule is CCN(c1ccc(C(C)(C)N)cc1)S(=O)(=O)c1ccc(OC)c(OC)c1. The molecule has 6 nitrogen and oxygen atoms in total. The van der Waals surface area contributed by atoms with E-state index in [0.29, 0.717) is 23.7 Å². The van der Waals surface area contributed by atoms with E-state index in [1.165, 1.54) is 30.7 Å². The molecule has 0 radical (unpaired) electrons. The third kappa shape index (κ3) is 3.94. The largest absolute Gasteiger partial charge is 0.493 e. The number of ether oxygens (including phenoxy) is 2. The van der Waals surface area contributed by atoms with Gasteiger partial charge in [0.05, 0.1) is 24.8 Å². The first kappa shape index (κ1) is 20.1. The molecule has 2 aromatic rings. The summed E-state index contributed by atoms with van der Waals surface area (Å²) in [6, 6.07) is 11.8. The summed E-state index contributed by atoms with van der Waals surface area (Å²) < 4.78 is 38.0. The molecule has 0 aliphatic carbocycles. The fourth-order valence-corrected chi connectivity index (χ4v) is 4.14. The van der Waals surface area contributed by atoms with Gasteiger partial charge in [-0.05, 0) is 50.6 Å². The molecule has 7 heteroatoms. The van der Waals surface area contributed by atoms with Crippen molar-refractivity contribution in [1.29, 1.82) is 0 Å². The summed E-state index contributed by atoms with van der Waals surface area (Å²) in [5.74, 6) is 0.842. The van der Waals surface area contributed by atoms with Crippen LogP contribution < -0.4 is 19.5 Å². The van der Waals surface area contributed by atoms with E-state index in [1.54, 1.807) is 25.1 Å². The summed E-state index contributed by atoms with van der Waals surface area (Å²) in [5.41, 5.74) is 7.12. The zero-order valence-corrected chi connectivity index (χ0v) is 16.6. The number of rotatable bonds is 7. The smallest absolute Gasteiger partial charge is 0.264 e. The zero-order valence-electron chi connectivity index (χ0n) is 15.8. The lowest BCUT2D eigenvalue weighted by Crippen LogP contribution is -2.31. The van der Waals surface area contributed by atoms with E-state index >= 15 is 0 Å². The number of nitrogens with two attached hydrogens (primary N) is 1. The Bertz CT molecular complexity index is 856. The Morgan fingerprint density at radius 2 is 1.58 bits per heavy atom. The highest BCUT2D eigenvalue weighted by Gasteiger charge is 2.25. The molecule has 0 saturated carbocycles. The van der Waals surface area contributed by atoms with Crippen molar-refractivity contribution in [1.82, 2.24) is 0 Å². The van der Waals surface area contributed by atoms with Crippen molar-refractivity contribution in [3.63, 3.8) is 0 Å². The molecule has 0 spiro atoms. The molecule has 2 aromatic carbocycles. The molecule has 0 heterocycles. The molecule has 2 rings (SSSR count). The van der Waals surface area contributed by atoms with Gasteiger partial charge in [-0.2, -0.15) is 0 Å². The molecule has 0 bridgehead atoms. The van der Waals surface area contributed by atoms with Crippen LogP contribution in [0, 0.1) is 0 Å². The summed E-state index contributed by atoms with van der Waals surface area (Å²) in [6.45, 7) is 5.89. The predicted octanol–water partition coefficient (Wildman–Crippen LogP) is 3.11. The first-order valence-electron chi connectivity index (χ1n) is 8.29. The molecular weight excluding hydrogens is 352 g/mol. The van der Waals surface area contributed by atoms with Crippen molar-refractivity contribution in [2.75, 3.05) is 25.1 Å². The minimum Gasteiger partial charge on any atom is -0.493 e. The molecular formula is C19H26N2O4S. The van der Waals surface area contributed by atoms with Gasteiger partial charge in [-0.15, -0.1) is 0 Å². The fourth-order valence-electron chi connectivity index (χ4n) is 2.65. The van der Waals surface area contributed by atoms with Gasteiger partial charge >= 0.3 is 0 Å². The van der Waals surface area contributed by atoms with Crippen LogP contribution in [0.2, 0.25) is 0 Å². The van der Waals surface area contributed by atoms with Gasteiger partial charge in [0.25, 0.3) is 10.0 Å². The standard InChI is InChI=1S/C19H26N2O4S/c1-6-21(15-9-7-14(8-10-15)19(2,3)20)26(22,23)16-11-12-17(24-4)18(13-16)25-5/h7-13H,6,20H2,1-5H3. The van der Waals surface area contributed by atoms with Gasteiger partial charge in [-0.25, -0.2) is 8.42 Å². The maximum Gasteiger partial charge on any atom is 0.264 e. The van der Waals surface area contributed by atoms with Gasteiger partial charge in [0.15, 0.2) is 11.5 Å². The van der Waals surface area contributed by atoms with E-state index in [1.807, 2.05) is 26.0 Å². The number of hydrogen-bond acceptors (Lipinski definition) is 5. The van der Waals surface area contributed by atoms with Crippen LogP contribution in [-0.4, -0.2) is 29.2 Å². The van der Waals surface area contributed by atoms with E-state index < -0.39 is 15.6 Å². The number of benzene rings is 2. The molecule has 26 heavy (non-hydrogen) atoms. The molecule has 0 fully saturated rings. The van der Waals surface area contributed by atoms with Crippen LogP contribution in [0.25, 0.3) is 0 Å². The molecule has 2 N–H and O–H groups in total. The lowest BCUT2D eigenvalue weighted by molar-refractivity contribution is 0.354. The quantitative estimate of drug-likeness (QED) is 0.800. The second-order valence-corrected chi connectivity index (χ2v) is 8.32. The second-order valence-electron chi connectivity index (χ2n) is 6.46. The van der Waals surface area contributed by atoms with Crippen molar-refractivity contribution in [2.45, 2.75) is 31.2 Å². The lowest BCUT2D eigenvalue weighted by Gasteiger charge is -2.25. The monoisotopic (exact) mass is 378 g/mol. The highest BCUT2D eigenvalue weighted by atomic mass is 32.2. The van der Waals surface area contributed by atoms with Gasteiger partial charge in [0, 0.05) is 18.2 Å². The summed E-state index contributed by atoms with van der Waals surface area (Å²) in [6.07, 6.45) is 0. The van der Waals surface area contributed by atoms with Crippen LogP contribution in [0.3, 0.4) is 0 Å². The van der Waals surface area contributed by atoms with Crippen molar-refractivity contribution in [3.8, 4) is 11.5 Å². The van der Waals surface area contributed by atoms with E-state index in [9.17, 15) is 8.42 Å². The second kappa shape index (κ2) is 7.55. The van der Waals surface area contributed by atoms with Crippen LogP contribution >= 0.6 is 0 Å². The van der Waals surface area contributed by atoms with E-state index in [4.69, 9.17) is 15.2 Å². The first-order chi connectivity index (χ1) is 12.1. The fraction of sp³-hybridized carbons (Fsp3) is 0.368. The highest BCUT2D eigenvalue weighted by Crippen LogP contribution is 2.32. The van der Waals surface area contributed by atoms with Crippen LogP contribution in [0.4, 0.5) is 5.69 Å². The van der Waals surface area contributed by atoms with Gasteiger partial charge in [0.2, 0.25) is 0 Å². The maximum absolute atomic E-state index is 13.1. The molecule has 0 aromatic heterocycles. The lowest BCUT2D eigenvalue weighted by atomic mass is 9.96. The third-order valence-electron chi connectivity index (χ3n) is 4.13. The number of anilines is 1. The Morgan fingerprint density at radius 1 is 1.00 bits per heavy atom. The topological polar surface area (TPSA) is 81.9 Å². The summed E-state index contributed by atoms with van der Waals surface area (Å²) in [5, 5.41) is 0. The zero-order chi connectivity index (χ0) is 19.5. The molecule has 0 unspecified atom stereocenters. The summed E-state index contributed by atoms with van der Waals surface area (Å²) >= 11 is 0. The molecule has 0 aliphatic rings. The Labute approximate surface area is 155 Å². The van der Waals surface area contributed by atoms with Crippen LogP contribution in [0.5, 0.6) is 11.5 Å². The Morgan fingerprint density at radius 3 is 2.04 bits per heavy atom. The van der Waals surface area contributed by atoms with Crippen molar-refractivity contribution in [2.24, 2.45) is 5.73 Å². The molecule has 0 amide bonds. The Balaban J connectivity index is 2.45. The minimum absolute atomic E-state index is 0.139. The van der Waals surface area contributed by atoms with Gasteiger partial charge in [-0.1, -0.05) is 12.1 Å². The number of hydrogen-bond donors (Lipinski definition) is 1. The van der Waals surface area contributed by atoms with Crippen LogP contribution in [-0.2, 0) is 15.6 Å². The van der Waals surface area contributed by atoms with E-state index in [0.717, 1.165) is 5.56 Å². The molecule has 0 atom stereocenters. The number of nitrogens with zero attached hydrogens (tertiary/aromatic N) is 1. The highest BCUT2D eigenvalue weighted by molar-refractivity contribution is 7.92. The van der Waals surface area contributed by atoms with Crippen molar-refractivity contribution < 1.29 is 17.9 Å². The average molecular weight is 378 g/mol. The van der Waals surface area contributed by atoms with E-state index in [-0.39, 0.29) is 4.90 Å². The Hall–Kier alpha value is -2.25. The molecule has 0 aliphatic heterocycles. The predicted molar refractivity (Wildman–Crippen MR) is 103 cm³/mol. The minimum atomic E-state index is -3.74. The Kier molecular flexibility index (Phi) is 5.83. The van der Waals surface area contributed by atoms with E-state index in [2.05, 4.69) is 0 Å². The summed E-state index contributed by atoms with van der Waals surface area (Å²) in [7, 11) is -0.767. The molecule has 142 valence electrons. The number of methoxy groups -OCH3 is 2. The van der Waals surface area contributed by atoms with Gasteiger partial charge in [0.1, 0.15) is 0 Å². The van der Waals surface area contributed by atoms with Crippen LogP contribution in [0.15, 0.2) is 47.4 Å². The number of sulfonamides is 1. The maximum atomic E-state index is 13.1. The van der Waals surface area contributed by atoms with Crippen LogP contribution in [0.1, 0.15) is 26.3 Å². The molecule has 0 saturated heterocycles. The van der Waals surface area contributed by atoms with Gasteiger partial charge < -0.3 is 15.2 Å². The first-order valence-corrected chi connectivity index (χ1v) is 9.73. The van der Waals surface area contributed by atoms with Crippen molar-refractivity contribution >= 4 is 15.7 Å². The normalized spacial score (nSPS) is 11.9. The summed E-state index contributed by atoms with van der Waals surface area (Å²) in [4.78, 5) is 0.139.